The first-order valence-corrected chi connectivity index (χ1v) is 7.53. The molecule has 1 aromatic rings. The first-order chi connectivity index (χ1) is 9.04. The van der Waals surface area contributed by atoms with Gasteiger partial charge in [-0.2, -0.15) is 0 Å². The monoisotopic (exact) mass is 277 g/mol. The van der Waals surface area contributed by atoms with Crippen LogP contribution in [0.3, 0.4) is 0 Å². The van der Waals surface area contributed by atoms with Gasteiger partial charge in [0.1, 0.15) is 0 Å². The zero-order valence-electron chi connectivity index (χ0n) is 11.5. The van der Waals surface area contributed by atoms with Crippen molar-refractivity contribution in [3.8, 4) is 0 Å². The Morgan fingerprint density at radius 3 is 2.16 bits per heavy atom. The van der Waals surface area contributed by atoms with E-state index in [4.69, 9.17) is 11.6 Å². The third-order valence-corrected chi connectivity index (χ3v) is 4.74. The summed E-state index contributed by atoms with van der Waals surface area (Å²) in [5.74, 6) is 0.197. The van der Waals surface area contributed by atoms with Gasteiger partial charge in [0.15, 0.2) is 0 Å². The van der Waals surface area contributed by atoms with Crippen molar-refractivity contribution in [2.45, 2.75) is 57.0 Å². The Kier molecular flexibility index (Phi) is 3.30. The second-order valence-electron chi connectivity index (χ2n) is 6.04. The maximum atomic E-state index is 12.8. The second kappa shape index (κ2) is 4.82. The van der Waals surface area contributed by atoms with E-state index >= 15 is 0 Å². The quantitative estimate of drug-likeness (QED) is 0.717. The summed E-state index contributed by atoms with van der Waals surface area (Å²) in [6, 6.07) is 6.82. The lowest BCUT2D eigenvalue weighted by Crippen LogP contribution is -2.47. The summed E-state index contributed by atoms with van der Waals surface area (Å²) in [5, 5.41) is 0.251. The lowest BCUT2D eigenvalue weighted by atomic mass is 9.99. The fourth-order valence-electron chi connectivity index (χ4n) is 3.69. The van der Waals surface area contributed by atoms with E-state index < -0.39 is 0 Å². The molecule has 1 aromatic carbocycles. The molecule has 2 heterocycles. The zero-order chi connectivity index (χ0) is 13.6. The Labute approximate surface area is 119 Å². The molecule has 0 aliphatic carbocycles. The number of piperidine rings is 1. The van der Waals surface area contributed by atoms with Crippen molar-refractivity contribution < 1.29 is 4.79 Å². The topological polar surface area (TPSA) is 20.3 Å². The van der Waals surface area contributed by atoms with E-state index in [0.29, 0.717) is 12.1 Å². The van der Waals surface area contributed by atoms with Crippen molar-refractivity contribution in [3.63, 3.8) is 0 Å². The summed E-state index contributed by atoms with van der Waals surface area (Å²) in [4.78, 5) is 14.9. The largest absolute Gasteiger partial charge is 0.333 e. The average Bonchev–Trinajstić information content (AvgIpc) is 2.59. The number of hydrogen-bond acceptors (Lipinski definition) is 1. The van der Waals surface area contributed by atoms with Crippen molar-refractivity contribution in [1.29, 1.82) is 0 Å². The fourth-order valence-corrected chi connectivity index (χ4v) is 4.10. The Bertz CT molecular complexity index is 479. The molecule has 2 nitrogen and oxygen atoms in total. The SMILES string of the molecule is Cc1cc(C)cc(C(=O)N2C3CCC2CC(Cl)C3)c1. The highest BCUT2D eigenvalue weighted by atomic mass is 35.5. The highest BCUT2D eigenvalue weighted by Crippen LogP contribution is 2.38. The third kappa shape index (κ3) is 2.38. The number of amides is 1. The maximum Gasteiger partial charge on any atom is 0.254 e. The van der Waals surface area contributed by atoms with Gasteiger partial charge in [0.2, 0.25) is 0 Å². The van der Waals surface area contributed by atoms with E-state index in [2.05, 4.69) is 11.0 Å². The van der Waals surface area contributed by atoms with Gasteiger partial charge in [0, 0.05) is 23.0 Å². The lowest BCUT2D eigenvalue weighted by Gasteiger charge is -2.37. The van der Waals surface area contributed by atoms with E-state index in [1.807, 2.05) is 26.0 Å². The van der Waals surface area contributed by atoms with Crippen molar-refractivity contribution in [3.05, 3.63) is 34.9 Å². The van der Waals surface area contributed by atoms with Crippen LogP contribution in [0.2, 0.25) is 0 Å². The number of rotatable bonds is 1. The Balaban J connectivity index is 1.88. The minimum Gasteiger partial charge on any atom is -0.333 e. The summed E-state index contributed by atoms with van der Waals surface area (Å²) in [6.45, 7) is 4.09. The smallest absolute Gasteiger partial charge is 0.254 e. The van der Waals surface area contributed by atoms with E-state index in [1.54, 1.807) is 0 Å². The van der Waals surface area contributed by atoms with Crippen LogP contribution in [0.1, 0.15) is 47.2 Å². The minimum absolute atomic E-state index is 0.197. The molecule has 0 radical (unpaired) electrons. The Hall–Kier alpha value is -1.02. The summed E-state index contributed by atoms with van der Waals surface area (Å²) in [6.07, 6.45) is 4.14. The molecule has 2 unspecified atom stereocenters. The molecule has 0 N–H and O–H groups in total. The van der Waals surface area contributed by atoms with Gasteiger partial charge in [-0.15, -0.1) is 11.6 Å². The van der Waals surface area contributed by atoms with E-state index in [-0.39, 0.29) is 11.3 Å². The highest BCUT2D eigenvalue weighted by molar-refractivity contribution is 6.20. The Morgan fingerprint density at radius 1 is 1.11 bits per heavy atom. The van der Waals surface area contributed by atoms with Gasteiger partial charge in [-0.25, -0.2) is 0 Å². The van der Waals surface area contributed by atoms with Crippen LogP contribution in [0.15, 0.2) is 18.2 Å². The van der Waals surface area contributed by atoms with Crippen LogP contribution in [0.4, 0.5) is 0 Å². The van der Waals surface area contributed by atoms with Gasteiger partial charge in [-0.1, -0.05) is 17.2 Å². The predicted molar refractivity (Wildman–Crippen MR) is 77.8 cm³/mol. The van der Waals surface area contributed by atoms with Crippen LogP contribution >= 0.6 is 11.6 Å². The number of carbonyl (C=O) groups is 1. The molecule has 1 amide bonds. The number of nitrogens with zero attached hydrogens (tertiary/aromatic N) is 1. The van der Waals surface area contributed by atoms with Gasteiger partial charge in [-0.05, 0) is 51.7 Å². The number of carbonyl (C=O) groups excluding carboxylic acids is 1. The van der Waals surface area contributed by atoms with Gasteiger partial charge >= 0.3 is 0 Å². The van der Waals surface area contributed by atoms with Gasteiger partial charge < -0.3 is 4.90 Å². The van der Waals surface area contributed by atoms with Gasteiger partial charge in [-0.3, -0.25) is 4.79 Å². The molecule has 2 bridgehead atoms. The van der Waals surface area contributed by atoms with Crippen molar-refractivity contribution in [2.24, 2.45) is 0 Å². The number of aryl methyl sites for hydroxylation is 2. The van der Waals surface area contributed by atoms with E-state index in [1.165, 1.54) is 0 Å². The molecule has 2 saturated heterocycles. The first kappa shape index (κ1) is 13.0. The van der Waals surface area contributed by atoms with Crippen LogP contribution in [-0.2, 0) is 0 Å². The Morgan fingerprint density at radius 2 is 1.63 bits per heavy atom. The zero-order valence-corrected chi connectivity index (χ0v) is 12.3. The summed E-state index contributed by atoms with van der Waals surface area (Å²) < 4.78 is 0. The number of fused-ring (bicyclic) bond motifs is 2. The van der Waals surface area contributed by atoms with Gasteiger partial charge in [0.25, 0.3) is 5.91 Å². The molecular formula is C16H20ClNO. The molecule has 2 aliphatic heterocycles. The second-order valence-corrected chi connectivity index (χ2v) is 6.66. The standard InChI is InChI=1S/C16H20ClNO/c1-10-5-11(2)7-12(6-10)16(19)18-14-3-4-15(18)9-13(17)8-14/h5-7,13-15H,3-4,8-9H2,1-2H3. The molecule has 0 saturated carbocycles. The van der Waals surface area contributed by atoms with Crippen molar-refractivity contribution in [2.75, 3.05) is 0 Å². The summed E-state index contributed by atoms with van der Waals surface area (Å²) in [5.41, 5.74) is 3.15. The first-order valence-electron chi connectivity index (χ1n) is 7.09. The molecule has 3 heteroatoms. The van der Waals surface area contributed by atoms with Crippen molar-refractivity contribution in [1.82, 2.24) is 4.90 Å². The van der Waals surface area contributed by atoms with Crippen LogP contribution < -0.4 is 0 Å². The summed E-state index contributed by atoms with van der Waals surface area (Å²) >= 11 is 6.27. The normalized spacial score (nSPS) is 29.6. The van der Waals surface area contributed by atoms with E-state index in [0.717, 1.165) is 42.4 Å². The highest BCUT2D eigenvalue weighted by Gasteiger charge is 2.42. The predicted octanol–water partition coefficient (Wildman–Crippen LogP) is 3.68. The lowest BCUT2D eigenvalue weighted by molar-refractivity contribution is 0.0599. The molecular weight excluding hydrogens is 258 g/mol. The molecule has 2 aliphatic rings. The van der Waals surface area contributed by atoms with Crippen molar-refractivity contribution >= 4 is 17.5 Å². The molecule has 0 spiro atoms. The maximum absolute atomic E-state index is 12.8. The molecule has 2 atom stereocenters. The number of halogens is 1. The van der Waals surface area contributed by atoms with Crippen LogP contribution in [0, 0.1) is 13.8 Å². The molecule has 102 valence electrons. The third-order valence-electron chi connectivity index (χ3n) is 4.38. The summed E-state index contributed by atoms with van der Waals surface area (Å²) in [7, 11) is 0. The van der Waals surface area contributed by atoms with Crippen LogP contribution in [-0.4, -0.2) is 28.3 Å². The van der Waals surface area contributed by atoms with Gasteiger partial charge in [0.05, 0.1) is 0 Å². The molecule has 0 aromatic heterocycles. The number of alkyl halides is 1. The average molecular weight is 278 g/mol. The molecule has 2 fully saturated rings. The molecule has 19 heavy (non-hydrogen) atoms. The fraction of sp³-hybridized carbons (Fsp3) is 0.562. The minimum atomic E-state index is 0.197. The van der Waals surface area contributed by atoms with Crippen LogP contribution in [0.25, 0.3) is 0 Å². The van der Waals surface area contributed by atoms with E-state index in [9.17, 15) is 4.79 Å². The molecule has 3 rings (SSSR count). The van der Waals surface area contributed by atoms with Crippen LogP contribution in [0.5, 0.6) is 0 Å². The number of benzene rings is 1. The number of hydrogen-bond donors (Lipinski definition) is 0.